The largest absolute Gasteiger partial charge is 0.370 e. The van der Waals surface area contributed by atoms with E-state index in [-0.39, 0.29) is 5.54 Å². The summed E-state index contributed by atoms with van der Waals surface area (Å²) in [4.78, 5) is 8.19. The predicted octanol–water partition coefficient (Wildman–Crippen LogP) is 3.22. The van der Waals surface area contributed by atoms with Crippen molar-refractivity contribution in [3.05, 3.63) is 22.4 Å². The molecule has 0 spiro atoms. The molecule has 0 radical (unpaired) electrons. The first-order valence-electron chi connectivity index (χ1n) is 6.82. The monoisotopic (exact) mass is 265 g/mol. The Morgan fingerprint density at radius 1 is 1.50 bits per heavy atom. The van der Waals surface area contributed by atoms with E-state index in [1.807, 2.05) is 0 Å². The Morgan fingerprint density at radius 3 is 2.94 bits per heavy atom. The number of aliphatic imine (C=N–C) groups is 1. The first kappa shape index (κ1) is 13.4. The molecule has 1 atom stereocenters. The van der Waals surface area contributed by atoms with Crippen LogP contribution >= 0.6 is 11.3 Å². The molecule has 0 aliphatic carbocycles. The second-order valence-corrected chi connectivity index (χ2v) is 6.05. The minimum atomic E-state index is 0.157. The van der Waals surface area contributed by atoms with Crippen LogP contribution in [0.1, 0.15) is 44.4 Å². The molecule has 2 heterocycles. The van der Waals surface area contributed by atoms with Crippen molar-refractivity contribution < 1.29 is 0 Å². The lowest BCUT2D eigenvalue weighted by molar-refractivity contribution is 0.169. The van der Waals surface area contributed by atoms with E-state index in [1.54, 1.807) is 11.3 Å². The number of unbranched alkanes of at least 4 members (excludes halogenated alkanes) is 1. The second-order valence-electron chi connectivity index (χ2n) is 5.02. The normalized spacial score (nSPS) is 23.4. The van der Waals surface area contributed by atoms with Gasteiger partial charge in [-0.1, -0.05) is 32.8 Å². The van der Waals surface area contributed by atoms with E-state index in [1.165, 1.54) is 24.1 Å². The molecule has 2 rings (SSSR count). The number of nitrogens with two attached hydrogens (primary N) is 1. The molecule has 0 bridgehead atoms. The smallest absolute Gasteiger partial charge is 0.192 e. The predicted molar refractivity (Wildman–Crippen MR) is 78.9 cm³/mol. The van der Waals surface area contributed by atoms with Gasteiger partial charge in [-0.3, -0.25) is 4.99 Å². The van der Waals surface area contributed by atoms with Gasteiger partial charge in [0, 0.05) is 4.88 Å². The minimum absolute atomic E-state index is 0.157. The molecule has 100 valence electrons. The van der Waals surface area contributed by atoms with Crippen LogP contribution < -0.4 is 5.73 Å². The first-order chi connectivity index (χ1) is 8.72. The molecule has 18 heavy (non-hydrogen) atoms. The summed E-state index contributed by atoms with van der Waals surface area (Å²) < 4.78 is 0. The second kappa shape index (κ2) is 5.74. The van der Waals surface area contributed by atoms with E-state index in [4.69, 9.17) is 5.73 Å². The maximum absolute atomic E-state index is 6.10. The molecule has 0 saturated heterocycles. The van der Waals surface area contributed by atoms with Crippen molar-refractivity contribution in [3.8, 4) is 0 Å². The third-order valence-corrected chi connectivity index (χ3v) is 4.79. The highest BCUT2D eigenvalue weighted by atomic mass is 32.1. The maximum atomic E-state index is 6.10. The molecule has 0 saturated carbocycles. The zero-order valence-corrected chi connectivity index (χ0v) is 12.2. The number of rotatable bonds is 6. The lowest BCUT2D eigenvalue weighted by atomic mass is 9.88. The van der Waals surface area contributed by atoms with E-state index in [0.717, 1.165) is 25.5 Å². The lowest BCUT2D eigenvalue weighted by Gasteiger charge is -2.38. The summed E-state index contributed by atoms with van der Waals surface area (Å²) in [5, 5.41) is 2.12. The van der Waals surface area contributed by atoms with Crippen LogP contribution in [0, 0.1) is 0 Å². The average Bonchev–Trinajstić information content (AvgIpc) is 2.99. The van der Waals surface area contributed by atoms with E-state index < -0.39 is 0 Å². The lowest BCUT2D eigenvalue weighted by Crippen LogP contribution is -2.50. The minimum Gasteiger partial charge on any atom is -0.370 e. The van der Waals surface area contributed by atoms with Gasteiger partial charge in [0.2, 0.25) is 0 Å². The SMILES string of the molecule is CCCCC1(CC)CN=C(N)N1Cc1cccs1. The fraction of sp³-hybridized carbons (Fsp3) is 0.643. The Bertz CT molecular complexity index is 399. The molecule has 0 aromatic carbocycles. The van der Waals surface area contributed by atoms with Crippen molar-refractivity contribution in [2.75, 3.05) is 6.54 Å². The van der Waals surface area contributed by atoms with Crippen LogP contribution in [0.2, 0.25) is 0 Å². The summed E-state index contributed by atoms with van der Waals surface area (Å²) in [5.74, 6) is 0.723. The number of nitrogens with zero attached hydrogens (tertiary/aromatic N) is 2. The molecule has 1 aliphatic heterocycles. The van der Waals surface area contributed by atoms with Crippen LogP contribution in [0.15, 0.2) is 22.5 Å². The third-order valence-electron chi connectivity index (χ3n) is 3.93. The van der Waals surface area contributed by atoms with Gasteiger partial charge >= 0.3 is 0 Å². The van der Waals surface area contributed by atoms with Crippen molar-refractivity contribution in [3.63, 3.8) is 0 Å². The van der Waals surface area contributed by atoms with E-state index in [0.29, 0.717) is 0 Å². The Hall–Kier alpha value is -1.03. The number of thiophene rings is 1. The van der Waals surface area contributed by atoms with Crippen LogP contribution in [-0.4, -0.2) is 22.9 Å². The summed E-state index contributed by atoms with van der Waals surface area (Å²) in [5.41, 5.74) is 6.26. The van der Waals surface area contributed by atoms with Crippen molar-refractivity contribution >= 4 is 17.3 Å². The van der Waals surface area contributed by atoms with Gasteiger partial charge in [0.1, 0.15) is 0 Å². The van der Waals surface area contributed by atoms with Gasteiger partial charge in [0.05, 0.1) is 18.6 Å². The highest BCUT2D eigenvalue weighted by Gasteiger charge is 2.39. The topological polar surface area (TPSA) is 41.6 Å². The van der Waals surface area contributed by atoms with Crippen LogP contribution in [0.5, 0.6) is 0 Å². The molecule has 1 aromatic rings. The van der Waals surface area contributed by atoms with E-state index in [9.17, 15) is 0 Å². The fourth-order valence-electron chi connectivity index (χ4n) is 2.65. The van der Waals surface area contributed by atoms with Gasteiger partial charge in [-0.15, -0.1) is 11.3 Å². The van der Waals surface area contributed by atoms with E-state index in [2.05, 4.69) is 41.3 Å². The maximum Gasteiger partial charge on any atom is 0.192 e. The molecule has 1 unspecified atom stereocenters. The summed E-state index contributed by atoms with van der Waals surface area (Å²) in [6.45, 7) is 6.27. The molecule has 3 nitrogen and oxygen atoms in total. The molecule has 1 aliphatic rings. The zero-order valence-electron chi connectivity index (χ0n) is 11.4. The Labute approximate surface area is 114 Å². The van der Waals surface area contributed by atoms with Crippen LogP contribution in [-0.2, 0) is 6.54 Å². The van der Waals surface area contributed by atoms with Crippen molar-refractivity contribution in [1.29, 1.82) is 0 Å². The Kier molecular flexibility index (Phi) is 4.27. The molecule has 0 fully saturated rings. The van der Waals surface area contributed by atoms with Crippen molar-refractivity contribution in [2.24, 2.45) is 10.7 Å². The zero-order chi connectivity index (χ0) is 13.0. The van der Waals surface area contributed by atoms with Crippen LogP contribution in [0.3, 0.4) is 0 Å². The molecule has 4 heteroatoms. The summed E-state index contributed by atoms with van der Waals surface area (Å²) >= 11 is 1.79. The third kappa shape index (κ3) is 2.53. The van der Waals surface area contributed by atoms with Gasteiger partial charge in [-0.2, -0.15) is 0 Å². The van der Waals surface area contributed by atoms with Gasteiger partial charge in [0.15, 0.2) is 5.96 Å². The van der Waals surface area contributed by atoms with Gasteiger partial charge in [-0.25, -0.2) is 0 Å². The average molecular weight is 265 g/mol. The van der Waals surface area contributed by atoms with Gasteiger partial charge in [0.25, 0.3) is 0 Å². The Balaban J connectivity index is 2.14. The highest BCUT2D eigenvalue weighted by Crippen LogP contribution is 2.32. The molecule has 0 amide bonds. The summed E-state index contributed by atoms with van der Waals surface area (Å²) in [7, 11) is 0. The molecule has 1 aromatic heterocycles. The summed E-state index contributed by atoms with van der Waals surface area (Å²) in [6, 6.07) is 4.28. The molecular weight excluding hydrogens is 242 g/mol. The summed E-state index contributed by atoms with van der Waals surface area (Å²) in [6.07, 6.45) is 4.78. The van der Waals surface area contributed by atoms with Gasteiger partial charge < -0.3 is 10.6 Å². The first-order valence-corrected chi connectivity index (χ1v) is 7.70. The standard InChI is InChI=1S/C14H23N3S/c1-3-5-8-14(4-2)11-16-13(15)17(14)10-12-7-6-9-18-12/h6-7,9H,3-5,8,10-11H2,1-2H3,(H2,15,16). The van der Waals surface area contributed by atoms with Crippen LogP contribution in [0.4, 0.5) is 0 Å². The quantitative estimate of drug-likeness (QED) is 0.858. The van der Waals surface area contributed by atoms with Gasteiger partial charge in [-0.05, 0) is 24.3 Å². The number of hydrogen-bond acceptors (Lipinski definition) is 4. The van der Waals surface area contributed by atoms with E-state index >= 15 is 0 Å². The highest BCUT2D eigenvalue weighted by molar-refractivity contribution is 7.09. The molecule has 2 N–H and O–H groups in total. The van der Waals surface area contributed by atoms with Crippen molar-refractivity contribution in [1.82, 2.24) is 4.90 Å². The van der Waals surface area contributed by atoms with Crippen LogP contribution in [0.25, 0.3) is 0 Å². The molecular formula is C14H23N3S. The number of hydrogen-bond donors (Lipinski definition) is 1. The number of guanidine groups is 1. The van der Waals surface area contributed by atoms with Crippen molar-refractivity contribution in [2.45, 2.75) is 51.6 Å². The Morgan fingerprint density at radius 2 is 2.33 bits per heavy atom. The fourth-order valence-corrected chi connectivity index (χ4v) is 3.34.